The molecular weight excluding hydrogens is 218 g/mol. The first-order chi connectivity index (χ1) is 8.72. The molecule has 2 rings (SSSR count). The molecule has 0 aliphatic rings. The summed E-state index contributed by atoms with van der Waals surface area (Å²) in [4.78, 5) is 0. The summed E-state index contributed by atoms with van der Waals surface area (Å²) >= 11 is 0. The van der Waals surface area contributed by atoms with Gasteiger partial charge in [0.1, 0.15) is 0 Å². The van der Waals surface area contributed by atoms with E-state index in [-0.39, 0.29) is 0 Å². The Kier molecular flexibility index (Phi) is 4.16. The fraction of sp³-hybridized carbons (Fsp3) is 0.294. The third-order valence-corrected chi connectivity index (χ3v) is 3.52. The van der Waals surface area contributed by atoms with E-state index in [0.717, 1.165) is 6.42 Å². The van der Waals surface area contributed by atoms with E-state index in [1.54, 1.807) is 0 Å². The van der Waals surface area contributed by atoms with Gasteiger partial charge in [-0.2, -0.15) is 0 Å². The summed E-state index contributed by atoms with van der Waals surface area (Å²) in [5, 5.41) is 3.45. The molecule has 0 spiro atoms. The summed E-state index contributed by atoms with van der Waals surface area (Å²) < 4.78 is 0. The molecule has 0 heterocycles. The molecule has 0 fully saturated rings. The third-order valence-electron chi connectivity index (χ3n) is 3.52. The van der Waals surface area contributed by atoms with Gasteiger partial charge in [0.2, 0.25) is 0 Å². The SMILES string of the molecule is CNC(Cc1ccccc1)c1c(C)cccc1C. The molecule has 0 aliphatic carbocycles. The lowest BCUT2D eigenvalue weighted by molar-refractivity contribution is 0.586. The van der Waals surface area contributed by atoms with Gasteiger partial charge in [-0.25, -0.2) is 0 Å². The molecule has 0 saturated heterocycles. The van der Waals surface area contributed by atoms with Crippen LogP contribution in [0, 0.1) is 13.8 Å². The van der Waals surface area contributed by atoms with E-state index in [2.05, 4.69) is 67.7 Å². The van der Waals surface area contributed by atoms with Gasteiger partial charge in [0.05, 0.1) is 0 Å². The Labute approximate surface area is 110 Å². The van der Waals surface area contributed by atoms with Crippen molar-refractivity contribution in [2.45, 2.75) is 26.3 Å². The lowest BCUT2D eigenvalue weighted by Crippen LogP contribution is -2.20. The molecule has 0 aliphatic heterocycles. The largest absolute Gasteiger partial charge is 0.313 e. The van der Waals surface area contributed by atoms with Gasteiger partial charge in [-0.05, 0) is 49.6 Å². The van der Waals surface area contributed by atoms with Gasteiger partial charge < -0.3 is 5.32 Å². The molecule has 1 N–H and O–H groups in total. The molecule has 1 nitrogen and oxygen atoms in total. The van der Waals surface area contributed by atoms with E-state index >= 15 is 0 Å². The molecule has 18 heavy (non-hydrogen) atoms. The van der Waals surface area contributed by atoms with E-state index in [9.17, 15) is 0 Å². The summed E-state index contributed by atoms with van der Waals surface area (Å²) in [5.41, 5.74) is 5.54. The van der Waals surface area contributed by atoms with Crippen LogP contribution in [0.3, 0.4) is 0 Å². The Balaban J connectivity index is 2.29. The fourth-order valence-electron chi connectivity index (χ4n) is 2.58. The number of hydrogen-bond donors (Lipinski definition) is 1. The van der Waals surface area contributed by atoms with Gasteiger partial charge in [0, 0.05) is 6.04 Å². The van der Waals surface area contributed by atoms with Gasteiger partial charge in [-0.15, -0.1) is 0 Å². The van der Waals surface area contributed by atoms with Crippen LogP contribution in [-0.2, 0) is 6.42 Å². The summed E-state index contributed by atoms with van der Waals surface area (Å²) in [7, 11) is 2.04. The van der Waals surface area contributed by atoms with E-state index in [0.29, 0.717) is 6.04 Å². The third kappa shape index (κ3) is 2.80. The van der Waals surface area contributed by atoms with E-state index in [4.69, 9.17) is 0 Å². The normalized spacial score (nSPS) is 12.4. The van der Waals surface area contributed by atoms with Crippen LogP contribution in [0.2, 0.25) is 0 Å². The average Bonchev–Trinajstić information content (AvgIpc) is 2.38. The van der Waals surface area contributed by atoms with Crippen molar-refractivity contribution in [3.05, 3.63) is 70.8 Å². The Bertz CT molecular complexity index is 482. The van der Waals surface area contributed by atoms with Crippen LogP contribution in [-0.4, -0.2) is 7.05 Å². The molecule has 0 bridgehead atoms. The van der Waals surface area contributed by atoms with Crippen LogP contribution in [0.5, 0.6) is 0 Å². The zero-order valence-electron chi connectivity index (χ0n) is 11.4. The molecule has 0 amide bonds. The van der Waals surface area contributed by atoms with Crippen LogP contribution in [0.15, 0.2) is 48.5 Å². The lowest BCUT2D eigenvalue weighted by atomic mass is 9.92. The highest BCUT2D eigenvalue weighted by atomic mass is 14.9. The van der Waals surface area contributed by atoms with Crippen molar-refractivity contribution in [3.63, 3.8) is 0 Å². The number of nitrogens with one attached hydrogen (secondary N) is 1. The van der Waals surface area contributed by atoms with Crippen molar-refractivity contribution in [1.82, 2.24) is 5.32 Å². The average molecular weight is 239 g/mol. The van der Waals surface area contributed by atoms with Crippen molar-refractivity contribution >= 4 is 0 Å². The maximum absolute atomic E-state index is 3.45. The Morgan fingerprint density at radius 1 is 0.889 bits per heavy atom. The molecule has 1 atom stereocenters. The molecule has 0 radical (unpaired) electrons. The van der Waals surface area contributed by atoms with Crippen LogP contribution in [0.25, 0.3) is 0 Å². The van der Waals surface area contributed by atoms with Gasteiger partial charge >= 0.3 is 0 Å². The second-order valence-electron chi connectivity index (χ2n) is 4.84. The second-order valence-corrected chi connectivity index (χ2v) is 4.84. The van der Waals surface area contributed by atoms with Crippen molar-refractivity contribution in [3.8, 4) is 0 Å². The van der Waals surface area contributed by atoms with Crippen LogP contribution in [0.4, 0.5) is 0 Å². The molecule has 0 aromatic heterocycles. The first kappa shape index (κ1) is 12.8. The highest BCUT2D eigenvalue weighted by molar-refractivity contribution is 5.37. The molecule has 94 valence electrons. The van der Waals surface area contributed by atoms with Crippen molar-refractivity contribution in [1.29, 1.82) is 0 Å². The van der Waals surface area contributed by atoms with Crippen molar-refractivity contribution in [2.24, 2.45) is 0 Å². The molecule has 0 saturated carbocycles. The van der Waals surface area contributed by atoms with Gasteiger partial charge in [-0.1, -0.05) is 48.5 Å². The second kappa shape index (κ2) is 5.83. The van der Waals surface area contributed by atoms with Gasteiger partial charge in [0.25, 0.3) is 0 Å². The monoisotopic (exact) mass is 239 g/mol. The predicted molar refractivity (Wildman–Crippen MR) is 77.9 cm³/mol. The van der Waals surface area contributed by atoms with Crippen molar-refractivity contribution in [2.75, 3.05) is 7.05 Å². The fourth-order valence-corrected chi connectivity index (χ4v) is 2.58. The Morgan fingerprint density at radius 2 is 1.50 bits per heavy atom. The molecule has 1 unspecified atom stereocenters. The van der Waals surface area contributed by atoms with Crippen LogP contribution in [0.1, 0.15) is 28.3 Å². The number of benzene rings is 2. The highest BCUT2D eigenvalue weighted by Gasteiger charge is 2.14. The van der Waals surface area contributed by atoms with Gasteiger partial charge in [0.15, 0.2) is 0 Å². The molecule has 2 aromatic carbocycles. The number of hydrogen-bond acceptors (Lipinski definition) is 1. The predicted octanol–water partition coefficient (Wildman–Crippen LogP) is 3.81. The lowest BCUT2D eigenvalue weighted by Gasteiger charge is -2.21. The van der Waals surface area contributed by atoms with E-state index in [1.807, 2.05) is 7.05 Å². The zero-order chi connectivity index (χ0) is 13.0. The van der Waals surface area contributed by atoms with Crippen LogP contribution >= 0.6 is 0 Å². The standard InChI is InChI=1S/C17H21N/c1-13-8-7-9-14(2)17(13)16(18-3)12-15-10-5-4-6-11-15/h4-11,16,18H,12H2,1-3H3. The van der Waals surface area contributed by atoms with Crippen molar-refractivity contribution < 1.29 is 0 Å². The minimum absolute atomic E-state index is 0.383. The highest BCUT2D eigenvalue weighted by Crippen LogP contribution is 2.24. The number of rotatable bonds is 4. The Hall–Kier alpha value is -1.60. The topological polar surface area (TPSA) is 12.0 Å². The summed E-state index contributed by atoms with van der Waals surface area (Å²) in [6.45, 7) is 4.38. The first-order valence-electron chi connectivity index (χ1n) is 6.49. The molecule has 2 aromatic rings. The molecule has 1 heteroatoms. The quantitative estimate of drug-likeness (QED) is 0.855. The minimum atomic E-state index is 0.383. The number of likely N-dealkylation sites (N-methyl/N-ethyl adjacent to an activating group) is 1. The molecular formula is C17H21N. The first-order valence-corrected chi connectivity index (χ1v) is 6.49. The Morgan fingerprint density at radius 3 is 2.06 bits per heavy atom. The maximum Gasteiger partial charge on any atom is 0.0363 e. The summed E-state index contributed by atoms with van der Waals surface area (Å²) in [5.74, 6) is 0. The van der Waals surface area contributed by atoms with E-state index < -0.39 is 0 Å². The zero-order valence-corrected chi connectivity index (χ0v) is 11.4. The smallest absolute Gasteiger partial charge is 0.0363 e. The van der Waals surface area contributed by atoms with Crippen LogP contribution < -0.4 is 5.32 Å². The summed E-state index contributed by atoms with van der Waals surface area (Å²) in [6.07, 6.45) is 1.03. The summed E-state index contributed by atoms with van der Waals surface area (Å²) in [6, 6.07) is 17.6. The van der Waals surface area contributed by atoms with E-state index in [1.165, 1.54) is 22.3 Å². The number of aryl methyl sites for hydroxylation is 2. The van der Waals surface area contributed by atoms with Gasteiger partial charge in [-0.3, -0.25) is 0 Å². The maximum atomic E-state index is 3.45. The minimum Gasteiger partial charge on any atom is -0.313 e.